The van der Waals surface area contributed by atoms with E-state index in [2.05, 4.69) is 15.3 Å². The first-order valence-corrected chi connectivity index (χ1v) is 9.23. The Morgan fingerprint density at radius 3 is 2.84 bits per heavy atom. The van der Waals surface area contributed by atoms with Crippen molar-refractivity contribution < 1.29 is 4.79 Å². The molecule has 1 atom stereocenters. The molecule has 0 aliphatic heterocycles. The monoisotopic (exact) mass is 341 g/mol. The van der Waals surface area contributed by atoms with Gasteiger partial charge in [-0.25, -0.2) is 0 Å². The summed E-state index contributed by atoms with van der Waals surface area (Å²) in [5, 5.41) is 8.22. The molecule has 0 N–H and O–H groups in total. The van der Waals surface area contributed by atoms with E-state index in [-0.39, 0.29) is 11.9 Å². The topological polar surface area (TPSA) is 63.9 Å². The molecule has 1 aliphatic rings. The first-order valence-electron chi connectivity index (χ1n) is 9.23. The van der Waals surface area contributed by atoms with Crippen molar-refractivity contribution in [1.82, 2.24) is 24.9 Å². The molecule has 134 valence electrons. The number of carbonyl (C=O) groups is 1. The predicted molar refractivity (Wildman–Crippen MR) is 96.0 cm³/mol. The van der Waals surface area contributed by atoms with Crippen LogP contribution in [0, 0.1) is 5.92 Å². The summed E-state index contributed by atoms with van der Waals surface area (Å²) in [6, 6.07) is 5.62. The molecule has 2 aromatic heterocycles. The number of hydrogen-bond acceptors (Lipinski definition) is 4. The highest BCUT2D eigenvalue weighted by atomic mass is 16.2. The minimum absolute atomic E-state index is 0.110. The molecule has 25 heavy (non-hydrogen) atoms. The van der Waals surface area contributed by atoms with Crippen LogP contribution in [0.25, 0.3) is 0 Å². The number of pyridine rings is 1. The number of nitrogens with zero attached hydrogens (tertiary/aromatic N) is 5. The fourth-order valence-corrected chi connectivity index (χ4v) is 3.47. The molecule has 0 saturated heterocycles. The first-order chi connectivity index (χ1) is 12.1. The van der Waals surface area contributed by atoms with Gasteiger partial charge in [0, 0.05) is 19.8 Å². The van der Waals surface area contributed by atoms with Crippen LogP contribution in [0.4, 0.5) is 0 Å². The molecule has 1 fully saturated rings. The summed E-state index contributed by atoms with van der Waals surface area (Å²) < 4.78 is 1.81. The van der Waals surface area contributed by atoms with Gasteiger partial charge in [-0.15, -0.1) is 5.10 Å². The van der Waals surface area contributed by atoms with Crippen LogP contribution in [0.1, 0.15) is 67.7 Å². The minimum Gasteiger partial charge on any atom is -0.332 e. The van der Waals surface area contributed by atoms with E-state index >= 15 is 0 Å². The highest BCUT2D eigenvalue weighted by molar-refractivity contribution is 5.92. The molecule has 1 aliphatic carbocycles. The van der Waals surface area contributed by atoms with Crippen LogP contribution in [-0.4, -0.2) is 37.8 Å². The van der Waals surface area contributed by atoms with E-state index in [4.69, 9.17) is 0 Å². The van der Waals surface area contributed by atoms with Gasteiger partial charge in [0.15, 0.2) is 5.69 Å². The normalized spacial score (nSPS) is 16.6. The van der Waals surface area contributed by atoms with Gasteiger partial charge >= 0.3 is 0 Å². The lowest BCUT2D eigenvalue weighted by Crippen LogP contribution is -2.30. The highest BCUT2D eigenvalue weighted by Crippen LogP contribution is 2.26. The van der Waals surface area contributed by atoms with Crippen molar-refractivity contribution in [2.45, 2.75) is 58.0 Å². The van der Waals surface area contributed by atoms with Gasteiger partial charge in [0.2, 0.25) is 0 Å². The SMILES string of the molecule is CC(c1ccccn1)N(C)C(=O)c1cn(CCC2CCCCC2)nn1. The Morgan fingerprint density at radius 1 is 1.32 bits per heavy atom. The molecule has 2 aromatic rings. The summed E-state index contributed by atoms with van der Waals surface area (Å²) >= 11 is 0. The molecule has 1 saturated carbocycles. The number of hydrogen-bond donors (Lipinski definition) is 0. The van der Waals surface area contributed by atoms with Crippen LogP contribution >= 0.6 is 0 Å². The zero-order chi connectivity index (χ0) is 17.6. The second-order valence-corrected chi connectivity index (χ2v) is 7.01. The number of amides is 1. The van der Waals surface area contributed by atoms with Crippen LogP contribution in [0.5, 0.6) is 0 Å². The highest BCUT2D eigenvalue weighted by Gasteiger charge is 2.22. The molecular weight excluding hydrogens is 314 g/mol. The second-order valence-electron chi connectivity index (χ2n) is 7.01. The van der Waals surface area contributed by atoms with Crippen LogP contribution in [-0.2, 0) is 6.54 Å². The van der Waals surface area contributed by atoms with Crippen molar-refractivity contribution in [3.8, 4) is 0 Å². The Kier molecular flexibility index (Phi) is 5.79. The van der Waals surface area contributed by atoms with E-state index in [1.807, 2.05) is 25.1 Å². The standard InChI is InChI=1S/C19H27N5O/c1-15(17-10-6-7-12-20-17)23(2)19(25)18-14-24(22-21-18)13-11-16-8-4-3-5-9-16/h6-7,10,12,14-16H,3-5,8-9,11,13H2,1-2H3. The summed E-state index contributed by atoms with van der Waals surface area (Å²) in [5.41, 5.74) is 1.26. The van der Waals surface area contributed by atoms with Crippen LogP contribution in [0.15, 0.2) is 30.6 Å². The van der Waals surface area contributed by atoms with Crippen molar-refractivity contribution in [2.24, 2.45) is 5.92 Å². The van der Waals surface area contributed by atoms with Crippen molar-refractivity contribution in [3.63, 3.8) is 0 Å². The molecule has 6 heteroatoms. The molecule has 0 spiro atoms. The summed E-state index contributed by atoms with van der Waals surface area (Å²) in [5.74, 6) is 0.672. The third kappa shape index (κ3) is 4.44. The van der Waals surface area contributed by atoms with E-state index in [9.17, 15) is 4.79 Å². The van der Waals surface area contributed by atoms with E-state index in [0.29, 0.717) is 5.69 Å². The van der Waals surface area contributed by atoms with Crippen LogP contribution < -0.4 is 0 Å². The Hall–Kier alpha value is -2.24. The van der Waals surface area contributed by atoms with Crippen LogP contribution in [0.3, 0.4) is 0 Å². The number of rotatable bonds is 6. The zero-order valence-electron chi connectivity index (χ0n) is 15.1. The summed E-state index contributed by atoms with van der Waals surface area (Å²) in [7, 11) is 1.78. The van der Waals surface area contributed by atoms with E-state index in [1.54, 1.807) is 29.0 Å². The Morgan fingerprint density at radius 2 is 2.12 bits per heavy atom. The fraction of sp³-hybridized carbons (Fsp3) is 0.579. The summed E-state index contributed by atoms with van der Waals surface area (Å²) in [4.78, 5) is 18.7. The molecule has 1 amide bonds. The average molecular weight is 341 g/mol. The molecular formula is C19H27N5O. The van der Waals surface area contributed by atoms with Gasteiger partial charge in [-0.3, -0.25) is 14.5 Å². The average Bonchev–Trinajstić information content (AvgIpc) is 3.15. The lowest BCUT2D eigenvalue weighted by atomic mass is 9.87. The predicted octanol–water partition coefficient (Wildman–Crippen LogP) is 3.48. The maximum Gasteiger partial charge on any atom is 0.276 e. The van der Waals surface area contributed by atoms with E-state index in [1.165, 1.54) is 32.1 Å². The molecule has 3 rings (SSSR count). The second kappa shape index (κ2) is 8.23. The molecule has 6 nitrogen and oxygen atoms in total. The van der Waals surface area contributed by atoms with Gasteiger partial charge in [-0.1, -0.05) is 43.4 Å². The summed E-state index contributed by atoms with van der Waals surface area (Å²) in [6.07, 6.45) is 11.4. The minimum atomic E-state index is -0.123. The van der Waals surface area contributed by atoms with Gasteiger partial charge < -0.3 is 4.90 Å². The van der Waals surface area contributed by atoms with Gasteiger partial charge in [0.1, 0.15) is 0 Å². The molecule has 0 radical (unpaired) electrons. The van der Waals surface area contributed by atoms with Crippen molar-refractivity contribution >= 4 is 5.91 Å². The van der Waals surface area contributed by atoms with Gasteiger partial charge in [0.05, 0.1) is 17.9 Å². The molecule has 1 unspecified atom stereocenters. The number of carbonyl (C=O) groups excluding carboxylic acids is 1. The smallest absolute Gasteiger partial charge is 0.276 e. The Labute approximate surface area is 149 Å². The van der Waals surface area contributed by atoms with Crippen molar-refractivity contribution in [3.05, 3.63) is 42.0 Å². The van der Waals surface area contributed by atoms with Crippen molar-refractivity contribution in [2.75, 3.05) is 7.05 Å². The first kappa shape index (κ1) is 17.6. The zero-order valence-corrected chi connectivity index (χ0v) is 15.1. The Balaban J connectivity index is 1.58. The molecule has 2 heterocycles. The lowest BCUT2D eigenvalue weighted by molar-refractivity contribution is 0.0733. The van der Waals surface area contributed by atoms with E-state index < -0.39 is 0 Å². The van der Waals surface area contributed by atoms with Crippen LogP contribution in [0.2, 0.25) is 0 Å². The largest absolute Gasteiger partial charge is 0.332 e. The van der Waals surface area contributed by atoms with Gasteiger partial charge in [-0.05, 0) is 31.4 Å². The number of aryl methyl sites for hydroxylation is 1. The number of aromatic nitrogens is 4. The Bertz CT molecular complexity index is 678. The third-order valence-corrected chi connectivity index (χ3v) is 5.27. The lowest BCUT2D eigenvalue weighted by Gasteiger charge is -2.23. The third-order valence-electron chi connectivity index (χ3n) is 5.27. The van der Waals surface area contributed by atoms with E-state index in [0.717, 1.165) is 24.6 Å². The maximum atomic E-state index is 12.7. The van der Waals surface area contributed by atoms with Gasteiger partial charge in [-0.2, -0.15) is 0 Å². The maximum absolute atomic E-state index is 12.7. The fourth-order valence-electron chi connectivity index (χ4n) is 3.47. The van der Waals surface area contributed by atoms with Crippen molar-refractivity contribution in [1.29, 1.82) is 0 Å². The molecule has 0 aromatic carbocycles. The quantitative estimate of drug-likeness (QED) is 0.807. The van der Waals surface area contributed by atoms with Gasteiger partial charge in [0.25, 0.3) is 5.91 Å². The summed E-state index contributed by atoms with van der Waals surface area (Å²) in [6.45, 7) is 2.80. The molecule has 0 bridgehead atoms.